The normalized spacial score (nSPS) is 20.6. The molecule has 0 aliphatic carbocycles. The Morgan fingerprint density at radius 2 is 2.14 bits per heavy atom. The van der Waals surface area contributed by atoms with Crippen LogP contribution in [0.2, 0.25) is 0 Å². The van der Waals surface area contributed by atoms with Gasteiger partial charge in [0, 0.05) is 24.5 Å². The van der Waals surface area contributed by atoms with Gasteiger partial charge in [-0.1, -0.05) is 36.9 Å². The molecule has 0 amide bonds. The lowest BCUT2D eigenvalue weighted by atomic mass is 10.1. The summed E-state index contributed by atoms with van der Waals surface area (Å²) >= 11 is 1.85. The summed E-state index contributed by atoms with van der Waals surface area (Å²) in [6.45, 7) is 6.87. The Hall–Kier alpha value is -0.420. The van der Waals surface area contributed by atoms with Gasteiger partial charge in [0.1, 0.15) is 0 Å². The molecule has 0 bridgehead atoms. The van der Waals surface area contributed by atoms with Crippen LogP contribution in [0, 0.1) is 5.92 Å². The van der Waals surface area contributed by atoms with E-state index in [1.54, 1.807) is 0 Å². The molecule has 1 N–H and O–H groups in total. The second-order valence-electron chi connectivity index (χ2n) is 5.45. The van der Waals surface area contributed by atoms with E-state index in [0.29, 0.717) is 0 Å². The molecule has 6 heteroatoms. The van der Waals surface area contributed by atoms with E-state index in [1.165, 1.54) is 37.3 Å². The number of benzene rings is 1. The molecule has 0 spiro atoms. The lowest BCUT2D eigenvalue weighted by Gasteiger charge is -2.19. The Balaban J connectivity index is 0.00000110. The van der Waals surface area contributed by atoms with Crippen LogP contribution in [0.5, 0.6) is 0 Å². The van der Waals surface area contributed by atoms with Crippen LogP contribution in [0.3, 0.4) is 0 Å². The molecule has 1 unspecified atom stereocenters. The molecule has 118 valence electrons. The van der Waals surface area contributed by atoms with Gasteiger partial charge in [-0.05, 0) is 30.5 Å². The molecule has 0 radical (unpaired) electrons. The van der Waals surface area contributed by atoms with Crippen molar-refractivity contribution in [1.29, 1.82) is 0 Å². The molecule has 1 aromatic carbocycles. The molecule has 3 nitrogen and oxygen atoms in total. The van der Waals surface area contributed by atoms with E-state index >= 15 is 0 Å². The zero-order chi connectivity index (χ0) is 13.1. The van der Waals surface area contributed by atoms with Gasteiger partial charge < -0.3 is 10.2 Å². The van der Waals surface area contributed by atoms with E-state index in [-0.39, 0.29) is 24.8 Å². The molecule has 1 atom stereocenters. The molecule has 2 aliphatic rings. The number of fused-ring (bicyclic) bond motifs is 1. The van der Waals surface area contributed by atoms with E-state index in [9.17, 15) is 0 Å². The lowest BCUT2D eigenvalue weighted by molar-refractivity contribution is 0.349. The van der Waals surface area contributed by atoms with Crippen molar-refractivity contribution in [2.45, 2.75) is 19.9 Å². The Bertz CT molecular complexity index is 482. The molecule has 1 aromatic rings. The molecule has 1 saturated heterocycles. The number of nitrogens with one attached hydrogen (secondary N) is 1. The SMILES string of the molecule is CC1CCN(CCSC2=NCc3ccccc3N2)C1.Cl.Cl. The average Bonchev–Trinajstić information content (AvgIpc) is 2.84. The summed E-state index contributed by atoms with van der Waals surface area (Å²) in [4.78, 5) is 7.16. The maximum Gasteiger partial charge on any atom is 0.161 e. The average molecular weight is 348 g/mol. The number of thioether (sulfide) groups is 1. The van der Waals surface area contributed by atoms with E-state index in [2.05, 4.69) is 46.4 Å². The molecule has 0 saturated carbocycles. The van der Waals surface area contributed by atoms with E-state index in [0.717, 1.165) is 23.4 Å². The van der Waals surface area contributed by atoms with Crippen molar-refractivity contribution < 1.29 is 0 Å². The fraction of sp³-hybridized carbons (Fsp3) is 0.533. The molecular formula is C15H23Cl2N3S. The Morgan fingerprint density at radius 1 is 1.33 bits per heavy atom. The molecule has 2 heterocycles. The summed E-state index contributed by atoms with van der Waals surface area (Å²) < 4.78 is 0. The van der Waals surface area contributed by atoms with Crippen LogP contribution in [0.1, 0.15) is 18.9 Å². The van der Waals surface area contributed by atoms with Crippen molar-refractivity contribution in [1.82, 2.24) is 4.90 Å². The first-order valence-corrected chi connectivity index (χ1v) is 8.04. The number of halogens is 2. The third-order valence-corrected chi connectivity index (χ3v) is 4.70. The van der Waals surface area contributed by atoms with Crippen molar-refractivity contribution in [3.05, 3.63) is 29.8 Å². The number of rotatable bonds is 3. The number of hydrogen-bond acceptors (Lipinski definition) is 4. The number of amidine groups is 1. The Labute approximate surface area is 143 Å². The van der Waals surface area contributed by atoms with Gasteiger partial charge in [-0.3, -0.25) is 4.99 Å². The second-order valence-corrected chi connectivity index (χ2v) is 6.53. The Morgan fingerprint density at radius 3 is 2.90 bits per heavy atom. The van der Waals surface area contributed by atoms with E-state index < -0.39 is 0 Å². The largest absolute Gasteiger partial charge is 0.335 e. The van der Waals surface area contributed by atoms with Gasteiger partial charge >= 0.3 is 0 Å². The monoisotopic (exact) mass is 347 g/mol. The summed E-state index contributed by atoms with van der Waals surface area (Å²) in [6, 6.07) is 8.42. The highest BCUT2D eigenvalue weighted by molar-refractivity contribution is 8.14. The number of aliphatic imine (C=N–C) groups is 1. The maximum absolute atomic E-state index is 4.60. The maximum atomic E-state index is 4.60. The zero-order valence-electron chi connectivity index (χ0n) is 12.2. The van der Waals surface area contributed by atoms with Gasteiger partial charge in [0.05, 0.1) is 6.54 Å². The highest BCUT2D eigenvalue weighted by Crippen LogP contribution is 2.23. The minimum atomic E-state index is 0. The number of para-hydroxylation sites is 1. The topological polar surface area (TPSA) is 27.6 Å². The number of hydrogen-bond donors (Lipinski definition) is 1. The molecule has 3 rings (SSSR count). The smallest absolute Gasteiger partial charge is 0.161 e. The number of likely N-dealkylation sites (tertiary alicyclic amines) is 1. The molecular weight excluding hydrogens is 325 g/mol. The van der Waals surface area contributed by atoms with Gasteiger partial charge in [0.2, 0.25) is 0 Å². The van der Waals surface area contributed by atoms with Gasteiger partial charge in [-0.15, -0.1) is 24.8 Å². The molecule has 2 aliphatic heterocycles. The first kappa shape index (κ1) is 18.6. The van der Waals surface area contributed by atoms with E-state index in [4.69, 9.17) is 0 Å². The van der Waals surface area contributed by atoms with Crippen LogP contribution in [0.4, 0.5) is 5.69 Å². The first-order chi connectivity index (χ1) is 9.31. The number of anilines is 1. The third-order valence-electron chi connectivity index (χ3n) is 3.81. The fourth-order valence-electron chi connectivity index (χ4n) is 2.67. The van der Waals surface area contributed by atoms with Crippen molar-refractivity contribution in [3.8, 4) is 0 Å². The molecule has 21 heavy (non-hydrogen) atoms. The van der Waals surface area contributed by atoms with Gasteiger partial charge in [0.25, 0.3) is 0 Å². The summed E-state index contributed by atoms with van der Waals surface area (Å²) in [5.74, 6) is 2.00. The van der Waals surface area contributed by atoms with Crippen LogP contribution in [-0.2, 0) is 6.54 Å². The van der Waals surface area contributed by atoms with Crippen LogP contribution in [0.25, 0.3) is 0 Å². The van der Waals surface area contributed by atoms with Crippen molar-refractivity contribution in [2.75, 3.05) is 30.7 Å². The minimum absolute atomic E-state index is 0. The van der Waals surface area contributed by atoms with Crippen molar-refractivity contribution in [2.24, 2.45) is 10.9 Å². The first-order valence-electron chi connectivity index (χ1n) is 7.06. The summed E-state index contributed by atoms with van der Waals surface area (Å²) in [6.07, 6.45) is 1.36. The van der Waals surface area contributed by atoms with Crippen LogP contribution >= 0.6 is 36.6 Å². The summed E-state index contributed by atoms with van der Waals surface area (Å²) in [5, 5.41) is 4.50. The summed E-state index contributed by atoms with van der Waals surface area (Å²) in [7, 11) is 0. The fourth-order valence-corrected chi connectivity index (χ4v) is 3.56. The van der Waals surface area contributed by atoms with Crippen molar-refractivity contribution >= 4 is 47.4 Å². The van der Waals surface area contributed by atoms with Gasteiger partial charge in [0.15, 0.2) is 5.17 Å². The van der Waals surface area contributed by atoms with E-state index in [1.807, 2.05) is 11.8 Å². The molecule has 1 fully saturated rings. The Kier molecular flexibility index (Phi) is 7.88. The lowest BCUT2D eigenvalue weighted by Crippen LogP contribution is -2.24. The highest BCUT2D eigenvalue weighted by atomic mass is 35.5. The quantitative estimate of drug-likeness (QED) is 0.898. The number of nitrogens with zero attached hydrogens (tertiary/aromatic N) is 2. The second kappa shape index (κ2) is 8.89. The zero-order valence-corrected chi connectivity index (χ0v) is 14.7. The van der Waals surface area contributed by atoms with Gasteiger partial charge in [-0.25, -0.2) is 0 Å². The van der Waals surface area contributed by atoms with Crippen molar-refractivity contribution in [3.63, 3.8) is 0 Å². The highest BCUT2D eigenvalue weighted by Gasteiger charge is 2.18. The summed E-state index contributed by atoms with van der Waals surface area (Å²) in [5.41, 5.74) is 2.51. The van der Waals surface area contributed by atoms with Crippen LogP contribution < -0.4 is 5.32 Å². The minimum Gasteiger partial charge on any atom is -0.335 e. The third kappa shape index (κ3) is 5.06. The predicted octanol–water partition coefficient (Wildman–Crippen LogP) is 3.89. The molecule has 0 aromatic heterocycles. The van der Waals surface area contributed by atoms with Crippen LogP contribution in [0.15, 0.2) is 29.3 Å². The van der Waals surface area contributed by atoms with Crippen LogP contribution in [-0.4, -0.2) is 35.5 Å². The van der Waals surface area contributed by atoms with Gasteiger partial charge in [-0.2, -0.15) is 0 Å². The predicted molar refractivity (Wildman–Crippen MR) is 98.4 cm³/mol. The standard InChI is InChI=1S/C15H21N3S.2ClH/c1-12-6-7-18(11-12)8-9-19-15-16-10-13-4-2-3-5-14(13)17-15;;/h2-5,12H,6-11H2,1H3,(H,16,17);2*1H.